The van der Waals surface area contributed by atoms with Crippen molar-refractivity contribution in [3.8, 4) is 0 Å². The van der Waals surface area contributed by atoms with Crippen LogP contribution in [0.25, 0.3) is 0 Å². The maximum Gasteiger partial charge on any atom is 0.228 e. The maximum absolute atomic E-state index is 12.4. The predicted molar refractivity (Wildman–Crippen MR) is 80.8 cm³/mol. The highest BCUT2D eigenvalue weighted by molar-refractivity contribution is 6.52. The van der Waals surface area contributed by atoms with Gasteiger partial charge in [-0.15, -0.1) is 23.2 Å². The quantitative estimate of drug-likeness (QED) is 0.724. The minimum atomic E-state index is -0.785. The van der Waals surface area contributed by atoms with Crippen molar-refractivity contribution >= 4 is 29.1 Å². The molecule has 5 rings (SSSR count). The molecule has 5 saturated carbocycles. The molecule has 0 N–H and O–H groups in total. The molecule has 5 aliphatic carbocycles. The van der Waals surface area contributed by atoms with Crippen molar-refractivity contribution < 1.29 is 4.79 Å². The van der Waals surface area contributed by atoms with Crippen LogP contribution < -0.4 is 0 Å². The van der Waals surface area contributed by atoms with Gasteiger partial charge >= 0.3 is 0 Å². The number of rotatable bonds is 3. The second-order valence-electron chi connectivity index (χ2n) is 8.13. The zero-order valence-electron chi connectivity index (χ0n) is 12.1. The Bertz CT molecular complexity index is 412. The van der Waals surface area contributed by atoms with Gasteiger partial charge < -0.3 is 4.90 Å². The fourth-order valence-corrected chi connectivity index (χ4v) is 6.31. The van der Waals surface area contributed by atoms with Gasteiger partial charge in [-0.2, -0.15) is 0 Å². The summed E-state index contributed by atoms with van der Waals surface area (Å²) in [5, 5.41) is 0. The Morgan fingerprint density at radius 2 is 1.50 bits per heavy atom. The third-order valence-electron chi connectivity index (χ3n) is 6.24. The Kier molecular flexibility index (Phi) is 2.94. The Labute approximate surface area is 131 Å². The topological polar surface area (TPSA) is 20.3 Å². The van der Waals surface area contributed by atoms with Crippen molar-refractivity contribution in [2.75, 3.05) is 13.6 Å². The summed E-state index contributed by atoms with van der Waals surface area (Å²) in [6.07, 6.45) is 9.00. The van der Waals surface area contributed by atoms with Crippen LogP contribution in [0.1, 0.15) is 44.9 Å². The van der Waals surface area contributed by atoms with E-state index in [-0.39, 0.29) is 11.8 Å². The standard InChI is InChI=1S/C16H23Cl2NO/c1-19(14(20)13-8-16(13,17)18)9-15-5-10-2-11(6-15)4-12(3-10)7-15/h10-13H,2-9H2,1H3/t10?,11?,12?,13-,15?/m0/s1. The van der Waals surface area contributed by atoms with Gasteiger partial charge in [0, 0.05) is 13.6 Å². The molecular formula is C16H23Cl2NO. The van der Waals surface area contributed by atoms with Crippen LogP contribution in [0.15, 0.2) is 0 Å². The van der Waals surface area contributed by atoms with E-state index in [1.807, 2.05) is 11.9 Å². The molecule has 0 aromatic heterocycles. The Morgan fingerprint density at radius 3 is 1.90 bits per heavy atom. The normalized spacial score (nSPS) is 47.4. The third kappa shape index (κ3) is 2.18. The summed E-state index contributed by atoms with van der Waals surface area (Å²) in [7, 11) is 1.95. The molecule has 0 aromatic rings. The van der Waals surface area contributed by atoms with E-state index in [1.165, 1.54) is 38.5 Å². The summed E-state index contributed by atoms with van der Waals surface area (Å²) in [6, 6.07) is 0. The molecule has 4 bridgehead atoms. The molecule has 0 aromatic carbocycles. The molecule has 0 aliphatic heterocycles. The molecule has 20 heavy (non-hydrogen) atoms. The summed E-state index contributed by atoms with van der Waals surface area (Å²) in [6.45, 7) is 0.926. The van der Waals surface area contributed by atoms with Crippen LogP contribution in [0.2, 0.25) is 0 Å². The van der Waals surface area contributed by atoms with Crippen molar-refractivity contribution in [3.63, 3.8) is 0 Å². The summed E-state index contributed by atoms with van der Waals surface area (Å²) in [4.78, 5) is 14.3. The summed E-state index contributed by atoms with van der Waals surface area (Å²) >= 11 is 12.1. The van der Waals surface area contributed by atoms with Crippen molar-refractivity contribution in [2.45, 2.75) is 49.3 Å². The van der Waals surface area contributed by atoms with Crippen LogP contribution in [0.4, 0.5) is 0 Å². The van der Waals surface area contributed by atoms with Crippen LogP contribution in [-0.2, 0) is 4.79 Å². The largest absolute Gasteiger partial charge is 0.345 e. The van der Waals surface area contributed by atoms with Crippen LogP contribution in [0.5, 0.6) is 0 Å². The van der Waals surface area contributed by atoms with E-state index in [1.54, 1.807) is 0 Å². The van der Waals surface area contributed by atoms with Gasteiger partial charge in [0.1, 0.15) is 4.33 Å². The van der Waals surface area contributed by atoms with Crippen molar-refractivity contribution in [3.05, 3.63) is 0 Å². The summed E-state index contributed by atoms with van der Waals surface area (Å²) in [5.74, 6) is 2.80. The molecule has 112 valence electrons. The monoisotopic (exact) mass is 315 g/mol. The molecule has 0 heterocycles. The SMILES string of the molecule is CN(CC12CC3CC(CC(C3)C1)C2)C(=O)[C@@H]1CC1(Cl)Cl. The Hall–Kier alpha value is 0.0500. The highest BCUT2D eigenvalue weighted by Crippen LogP contribution is 2.60. The predicted octanol–water partition coefficient (Wildman–Crippen LogP) is 3.86. The number of nitrogens with zero attached hydrogens (tertiary/aromatic N) is 1. The van der Waals surface area contributed by atoms with Crippen molar-refractivity contribution in [1.82, 2.24) is 4.90 Å². The van der Waals surface area contributed by atoms with Gasteiger partial charge in [0.25, 0.3) is 0 Å². The molecule has 2 nitrogen and oxygen atoms in total. The lowest BCUT2D eigenvalue weighted by atomic mass is 9.49. The number of alkyl halides is 2. The molecule has 0 radical (unpaired) electrons. The number of amides is 1. The van der Waals surface area contributed by atoms with E-state index >= 15 is 0 Å². The van der Waals surface area contributed by atoms with Gasteiger partial charge in [0.05, 0.1) is 5.92 Å². The third-order valence-corrected chi connectivity index (χ3v) is 7.07. The molecule has 1 amide bonds. The average Bonchev–Trinajstić information content (AvgIpc) is 2.94. The Balaban J connectivity index is 1.45. The van der Waals surface area contributed by atoms with Crippen LogP contribution >= 0.6 is 23.2 Å². The van der Waals surface area contributed by atoms with Gasteiger partial charge in [-0.05, 0) is 68.1 Å². The zero-order chi connectivity index (χ0) is 14.1. The first kappa shape index (κ1) is 13.7. The number of carbonyl (C=O) groups is 1. The molecule has 0 saturated heterocycles. The average molecular weight is 316 g/mol. The first-order valence-corrected chi connectivity index (χ1v) is 8.75. The first-order valence-electron chi connectivity index (χ1n) is 8.00. The van der Waals surface area contributed by atoms with Gasteiger partial charge in [-0.25, -0.2) is 0 Å². The molecule has 5 aliphatic rings. The van der Waals surface area contributed by atoms with Gasteiger partial charge in [0.15, 0.2) is 0 Å². The smallest absolute Gasteiger partial charge is 0.228 e. The van der Waals surface area contributed by atoms with E-state index in [9.17, 15) is 4.79 Å². The van der Waals surface area contributed by atoms with Crippen LogP contribution in [0.3, 0.4) is 0 Å². The molecular weight excluding hydrogens is 293 g/mol. The van der Waals surface area contributed by atoms with Gasteiger partial charge in [-0.3, -0.25) is 4.79 Å². The highest BCUT2D eigenvalue weighted by Gasteiger charge is 2.58. The lowest BCUT2D eigenvalue weighted by Gasteiger charge is -2.57. The number of hydrogen-bond acceptors (Lipinski definition) is 1. The maximum atomic E-state index is 12.4. The Morgan fingerprint density at radius 1 is 1.05 bits per heavy atom. The second-order valence-corrected chi connectivity index (χ2v) is 9.67. The van der Waals surface area contributed by atoms with Crippen molar-refractivity contribution in [2.24, 2.45) is 29.1 Å². The molecule has 0 spiro atoms. The molecule has 5 fully saturated rings. The minimum absolute atomic E-state index is 0.158. The van der Waals surface area contributed by atoms with Crippen molar-refractivity contribution in [1.29, 1.82) is 0 Å². The van der Waals surface area contributed by atoms with E-state index in [0.29, 0.717) is 11.8 Å². The number of hydrogen-bond donors (Lipinski definition) is 0. The minimum Gasteiger partial charge on any atom is -0.345 e. The van der Waals surface area contributed by atoms with E-state index in [0.717, 1.165) is 24.3 Å². The van der Waals surface area contributed by atoms with Crippen LogP contribution in [0, 0.1) is 29.1 Å². The number of carbonyl (C=O) groups excluding carboxylic acids is 1. The lowest BCUT2D eigenvalue weighted by molar-refractivity contribution is -0.136. The van der Waals surface area contributed by atoms with Gasteiger partial charge in [0.2, 0.25) is 5.91 Å². The first-order chi connectivity index (χ1) is 9.37. The molecule has 0 unspecified atom stereocenters. The second kappa shape index (κ2) is 4.29. The van der Waals surface area contributed by atoms with Gasteiger partial charge in [-0.1, -0.05) is 0 Å². The zero-order valence-corrected chi connectivity index (χ0v) is 13.6. The fourth-order valence-electron chi connectivity index (χ4n) is 5.81. The summed E-state index contributed by atoms with van der Waals surface area (Å²) < 4.78 is -0.785. The molecule has 1 atom stereocenters. The number of halogens is 2. The van der Waals surface area contributed by atoms with Crippen LogP contribution in [-0.4, -0.2) is 28.7 Å². The lowest BCUT2D eigenvalue weighted by Crippen LogP contribution is -2.51. The van der Waals surface area contributed by atoms with E-state index < -0.39 is 4.33 Å². The summed E-state index contributed by atoms with van der Waals surface area (Å²) in [5.41, 5.74) is 0.412. The fraction of sp³-hybridized carbons (Fsp3) is 0.938. The van der Waals surface area contributed by atoms with E-state index in [4.69, 9.17) is 23.2 Å². The van der Waals surface area contributed by atoms with E-state index in [2.05, 4.69) is 0 Å². The molecule has 4 heteroatoms. The highest BCUT2D eigenvalue weighted by atomic mass is 35.5.